The first-order chi connectivity index (χ1) is 14.7. The van der Waals surface area contributed by atoms with E-state index in [1.54, 1.807) is 12.3 Å². The van der Waals surface area contributed by atoms with Crippen molar-refractivity contribution in [2.24, 2.45) is 5.10 Å². The van der Waals surface area contributed by atoms with Crippen LogP contribution in [0.3, 0.4) is 0 Å². The molecule has 0 N–H and O–H groups in total. The molecule has 0 fully saturated rings. The molecule has 0 unspecified atom stereocenters. The molecule has 2 aromatic carbocycles. The van der Waals surface area contributed by atoms with Crippen LogP contribution in [0.5, 0.6) is 11.5 Å². The summed E-state index contributed by atoms with van der Waals surface area (Å²) in [5, 5.41) is 5.08. The molecule has 0 saturated heterocycles. The quantitative estimate of drug-likeness (QED) is 0.435. The van der Waals surface area contributed by atoms with Gasteiger partial charge in [-0.05, 0) is 56.7 Å². The number of hydrogen-bond acceptors (Lipinski definition) is 5. The first kappa shape index (κ1) is 23.0. The maximum Gasteiger partial charge on any atom is 0.282 e. The van der Waals surface area contributed by atoms with Crippen molar-refractivity contribution in [1.82, 2.24) is 9.66 Å². The van der Waals surface area contributed by atoms with E-state index in [4.69, 9.17) is 14.5 Å². The number of nitrogens with zero attached hydrogens (tertiary/aromatic N) is 3. The number of fused-ring (bicyclic) bond motifs is 1. The van der Waals surface area contributed by atoms with Gasteiger partial charge in [-0.1, -0.05) is 36.7 Å². The fraction of sp³-hybridized carbons (Fsp3) is 0.375. The van der Waals surface area contributed by atoms with Crippen LogP contribution in [0.1, 0.15) is 51.6 Å². The highest BCUT2D eigenvalue weighted by Gasteiger charge is 2.23. The van der Waals surface area contributed by atoms with Gasteiger partial charge in [0, 0.05) is 15.5 Å². The second-order valence-electron chi connectivity index (χ2n) is 8.23. The highest BCUT2D eigenvalue weighted by molar-refractivity contribution is 9.10. The van der Waals surface area contributed by atoms with Crippen LogP contribution in [0, 0.1) is 6.92 Å². The molecule has 0 saturated carbocycles. The van der Waals surface area contributed by atoms with Crippen LogP contribution < -0.4 is 15.0 Å². The molecule has 6 nitrogen and oxygen atoms in total. The van der Waals surface area contributed by atoms with Crippen LogP contribution in [-0.4, -0.2) is 29.1 Å². The average molecular weight is 486 g/mol. The normalized spacial score (nSPS) is 12.0. The van der Waals surface area contributed by atoms with E-state index in [2.05, 4.69) is 21.0 Å². The fourth-order valence-electron chi connectivity index (χ4n) is 3.21. The third-order valence-electron chi connectivity index (χ3n) is 4.72. The number of rotatable bonds is 6. The molecule has 0 aliphatic rings. The van der Waals surface area contributed by atoms with Gasteiger partial charge in [0.15, 0.2) is 11.5 Å². The van der Waals surface area contributed by atoms with Crippen molar-refractivity contribution in [3.63, 3.8) is 0 Å². The Morgan fingerprint density at radius 1 is 1.10 bits per heavy atom. The van der Waals surface area contributed by atoms with Gasteiger partial charge >= 0.3 is 0 Å². The zero-order valence-corrected chi connectivity index (χ0v) is 20.4. The summed E-state index contributed by atoms with van der Waals surface area (Å²) < 4.78 is 13.6. The van der Waals surface area contributed by atoms with Crippen molar-refractivity contribution in [2.45, 2.75) is 47.0 Å². The minimum Gasteiger partial charge on any atom is -0.490 e. The van der Waals surface area contributed by atoms with Crippen molar-refractivity contribution in [3.05, 3.63) is 62.1 Å². The Kier molecular flexibility index (Phi) is 6.84. The number of ether oxygens (including phenoxy) is 2. The number of benzene rings is 2. The molecule has 0 amide bonds. The average Bonchev–Trinajstić information content (AvgIpc) is 2.70. The Balaban J connectivity index is 2.17. The van der Waals surface area contributed by atoms with E-state index < -0.39 is 0 Å². The van der Waals surface area contributed by atoms with Crippen LogP contribution >= 0.6 is 15.9 Å². The van der Waals surface area contributed by atoms with Crippen LogP contribution in [-0.2, 0) is 5.41 Å². The van der Waals surface area contributed by atoms with Crippen molar-refractivity contribution in [1.29, 1.82) is 0 Å². The first-order valence-corrected chi connectivity index (χ1v) is 11.1. The summed E-state index contributed by atoms with van der Waals surface area (Å²) >= 11 is 3.44. The summed E-state index contributed by atoms with van der Waals surface area (Å²) in [5.74, 6) is 1.95. The third-order valence-corrected chi connectivity index (χ3v) is 5.22. The number of aryl methyl sites for hydroxylation is 1. The van der Waals surface area contributed by atoms with Gasteiger partial charge in [-0.15, -0.1) is 0 Å². The number of aromatic nitrogens is 2. The van der Waals surface area contributed by atoms with Gasteiger partial charge in [0.05, 0.1) is 30.3 Å². The van der Waals surface area contributed by atoms with E-state index in [1.807, 2.05) is 65.8 Å². The van der Waals surface area contributed by atoms with E-state index >= 15 is 0 Å². The number of halogens is 1. The van der Waals surface area contributed by atoms with Crippen LogP contribution in [0.4, 0.5) is 0 Å². The molecule has 1 heterocycles. The number of hydrogen-bond donors (Lipinski definition) is 0. The van der Waals surface area contributed by atoms with Gasteiger partial charge in [-0.3, -0.25) is 4.79 Å². The molecule has 164 valence electrons. The maximum absolute atomic E-state index is 13.3. The van der Waals surface area contributed by atoms with Gasteiger partial charge < -0.3 is 9.47 Å². The minimum atomic E-state index is -0.373. The summed E-state index contributed by atoms with van der Waals surface area (Å²) in [6.07, 6.45) is 1.68. The summed E-state index contributed by atoms with van der Waals surface area (Å²) in [6, 6.07) is 9.32. The standard InChI is InChI=1S/C24H28BrN3O3/c1-7-30-20-11-15(3)16(12-21(20)31-8-2)14-26-28-22(29)18-13-17(25)9-10-19(18)27-23(28)24(4,5)6/h9-14H,7-8H2,1-6H3. The molecule has 0 atom stereocenters. The molecular weight excluding hydrogens is 458 g/mol. The molecule has 0 spiro atoms. The second-order valence-corrected chi connectivity index (χ2v) is 9.15. The molecule has 3 rings (SSSR count). The monoisotopic (exact) mass is 485 g/mol. The molecular formula is C24H28BrN3O3. The van der Waals surface area contributed by atoms with E-state index in [0.29, 0.717) is 41.4 Å². The predicted octanol–water partition coefficient (Wildman–Crippen LogP) is 5.44. The van der Waals surface area contributed by atoms with Crippen molar-refractivity contribution in [2.75, 3.05) is 13.2 Å². The molecule has 3 aromatic rings. The van der Waals surface area contributed by atoms with Crippen LogP contribution in [0.2, 0.25) is 0 Å². The van der Waals surface area contributed by atoms with Crippen molar-refractivity contribution >= 4 is 33.0 Å². The van der Waals surface area contributed by atoms with E-state index in [0.717, 1.165) is 15.6 Å². The lowest BCUT2D eigenvalue weighted by Gasteiger charge is -2.21. The molecule has 1 aromatic heterocycles. The zero-order chi connectivity index (χ0) is 22.8. The molecule has 7 heteroatoms. The van der Waals surface area contributed by atoms with Gasteiger partial charge in [0.1, 0.15) is 5.82 Å². The maximum atomic E-state index is 13.3. The Labute approximate surface area is 191 Å². The van der Waals surface area contributed by atoms with Crippen LogP contribution in [0.15, 0.2) is 44.7 Å². The highest BCUT2D eigenvalue weighted by Crippen LogP contribution is 2.30. The molecule has 0 bridgehead atoms. The Morgan fingerprint density at radius 3 is 2.35 bits per heavy atom. The Bertz CT molecular complexity index is 1190. The molecule has 0 radical (unpaired) electrons. The summed E-state index contributed by atoms with van der Waals surface area (Å²) in [7, 11) is 0. The highest BCUT2D eigenvalue weighted by atomic mass is 79.9. The molecule has 0 aliphatic carbocycles. The van der Waals surface area contributed by atoms with Crippen LogP contribution in [0.25, 0.3) is 10.9 Å². The van der Waals surface area contributed by atoms with E-state index in [-0.39, 0.29) is 11.0 Å². The van der Waals surface area contributed by atoms with E-state index in [1.165, 1.54) is 4.68 Å². The summed E-state index contributed by atoms with van der Waals surface area (Å²) in [5.41, 5.74) is 1.88. The van der Waals surface area contributed by atoms with Gasteiger partial charge in [0.2, 0.25) is 0 Å². The first-order valence-electron chi connectivity index (χ1n) is 10.3. The van der Waals surface area contributed by atoms with Crippen molar-refractivity contribution < 1.29 is 9.47 Å². The van der Waals surface area contributed by atoms with Crippen molar-refractivity contribution in [3.8, 4) is 11.5 Å². The summed E-state index contributed by atoms with van der Waals surface area (Å²) in [4.78, 5) is 18.1. The molecule has 0 aliphatic heterocycles. The topological polar surface area (TPSA) is 65.7 Å². The van der Waals surface area contributed by atoms with Gasteiger partial charge in [-0.2, -0.15) is 9.78 Å². The third kappa shape index (κ3) is 4.98. The lowest BCUT2D eigenvalue weighted by atomic mass is 9.95. The summed E-state index contributed by atoms with van der Waals surface area (Å²) in [6.45, 7) is 13.0. The lowest BCUT2D eigenvalue weighted by molar-refractivity contribution is 0.287. The van der Waals surface area contributed by atoms with Gasteiger partial charge in [-0.25, -0.2) is 4.98 Å². The Hall–Kier alpha value is -2.67. The smallest absolute Gasteiger partial charge is 0.282 e. The fourth-order valence-corrected chi connectivity index (χ4v) is 3.58. The largest absolute Gasteiger partial charge is 0.490 e. The van der Waals surface area contributed by atoms with Gasteiger partial charge in [0.25, 0.3) is 5.56 Å². The second kappa shape index (κ2) is 9.22. The SMILES string of the molecule is CCOc1cc(C)c(C=Nn2c(C(C)(C)C)nc3ccc(Br)cc3c2=O)cc1OCC. The molecule has 31 heavy (non-hydrogen) atoms. The minimum absolute atomic E-state index is 0.207. The lowest BCUT2D eigenvalue weighted by Crippen LogP contribution is -2.29. The predicted molar refractivity (Wildman–Crippen MR) is 129 cm³/mol. The van der Waals surface area contributed by atoms with E-state index in [9.17, 15) is 4.79 Å². The zero-order valence-electron chi connectivity index (χ0n) is 18.8. The Morgan fingerprint density at radius 2 is 1.74 bits per heavy atom.